The van der Waals surface area contributed by atoms with E-state index in [9.17, 15) is 0 Å². The summed E-state index contributed by atoms with van der Waals surface area (Å²) in [6.07, 6.45) is 3.64. The molecule has 0 heterocycles. The van der Waals surface area contributed by atoms with Gasteiger partial charge in [0.25, 0.3) is 0 Å². The fourth-order valence-corrected chi connectivity index (χ4v) is 1.15. The van der Waals surface area contributed by atoms with Crippen LogP contribution in [0.4, 0.5) is 0 Å². The molecule has 0 amide bonds. The highest BCUT2D eigenvalue weighted by molar-refractivity contribution is 4.62. The Kier molecular flexibility index (Phi) is 7.96. The number of hydrogen-bond donors (Lipinski definition) is 1. The van der Waals surface area contributed by atoms with Crippen LogP contribution in [0.2, 0.25) is 0 Å². The van der Waals surface area contributed by atoms with Gasteiger partial charge in [0.2, 0.25) is 0 Å². The van der Waals surface area contributed by atoms with Crippen LogP contribution >= 0.6 is 0 Å². The zero-order valence-electron chi connectivity index (χ0n) is 8.02. The molecular weight excluding hydrogens is 138 g/mol. The maximum Gasteiger partial charge on any atom is 0.0480 e. The van der Waals surface area contributed by atoms with Gasteiger partial charge in [0.05, 0.1) is 0 Å². The van der Waals surface area contributed by atoms with Gasteiger partial charge in [0, 0.05) is 19.3 Å². The molecule has 0 aliphatic carbocycles. The highest BCUT2D eigenvalue weighted by Gasteiger charge is 2.02. The van der Waals surface area contributed by atoms with E-state index in [-0.39, 0.29) is 0 Å². The van der Waals surface area contributed by atoms with Crippen LogP contribution in [0.15, 0.2) is 0 Å². The van der Waals surface area contributed by atoms with Crippen LogP contribution in [-0.4, -0.2) is 26.3 Å². The van der Waals surface area contributed by atoms with Crippen molar-refractivity contribution in [2.45, 2.75) is 39.2 Å². The monoisotopic (exact) mass is 159 g/mol. The first-order chi connectivity index (χ1) is 5.35. The second kappa shape index (κ2) is 8.02. The Bertz CT molecular complexity index is 76.0. The number of nitrogens with one attached hydrogen (secondary N) is 1. The lowest BCUT2D eigenvalue weighted by Gasteiger charge is -2.14. The highest BCUT2D eigenvalue weighted by atomic mass is 16.5. The van der Waals surface area contributed by atoms with Crippen molar-refractivity contribution in [1.29, 1.82) is 0 Å². The maximum absolute atomic E-state index is 5.27. The Morgan fingerprint density at radius 1 is 1.27 bits per heavy atom. The van der Waals surface area contributed by atoms with E-state index in [0.717, 1.165) is 19.6 Å². The van der Waals surface area contributed by atoms with Gasteiger partial charge in [-0.25, -0.2) is 0 Å². The average molecular weight is 159 g/mol. The van der Waals surface area contributed by atoms with E-state index in [2.05, 4.69) is 12.2 Å². The summed E-state index contributed by atoms with van der Waals surface area (Å²) in [6, 6.07) is 0.645. The molecule has 0 aliphatic heterocycles. The molecule has 0 bridgehead atoms. The van der Waals surface area contributed by atoms with Gasteiger partial charge in [-0.2, -0.15) is 0 Å². The molecule has 0 aromatic heterocycles. The molecule has 0 saturated heterocycles. The molecule has 1 unspecified atom stereocenters. The lowest BCUT2D eigenvalue weighted by molar-refractivity contribution is 0.136. The summed E-state index contributed by atoms with van der Waals surface area (Å²) >= 11 is 0. The zero-order chi connectivity index (χ0) is 8.53. The molecule has 11 heavy (non-hydrogen) atoms. The minimum absolute atomic E-state index is 0.645. The molecule has 0 saturated carbocycles. The van der Waals surface area contributed by atoms with Crippen molar-refractivity contribution in [3.05, 3.63) is 0 Å². The summed E-state index contributed by atoms with van der Waals surface area (Å²) in [5.41, 5.74) is 0. The molecular formula is C9H21NO. The molecule has 0 radical (unpaired) electrons. The summed E-state index contributed by atoms with van der Waals surface area (Å²) in [4.78, 5) is 0. The SMILES string of the molecule is CCCC(CCOCC)NC. The Morgan fingerprint density at radius 3 is 2.45 bits per heavy atom. The molecule has 0 aliphatic rings. The molecule has 0 aromatic rings. The Labute approximate surface area is 70.3 Å². The van der Waals surface area contributed by atoms with Crippen molar-refractivity contribution in [3.63, 3.8) is 0 Å². The van der Waals surface area contributed by atoms with Gasteiger partial charge >= 0.3 is 0 Å². The predicted octanol–water partition coefficient (Wildman–Crippen LogP) is 1.80. The van der Waals surface area contributed by atoms with E-state index in [0.29, 0.717) is 6.04 Å². The van der Waals surface area contributed by atoms with E-state index in [4.69, 9.17) is 4.74 Å². The normalized spacial score (nSPS) is 13.4. The molecule has 0 aromatic carbocycles. The first kappa shape index (κ1) is 10.9. The summed E-state index contributed by atoms with van der Waals surface area (Å²) in [5.74, 6) is 0. The summed E-state index contributed by atoms with van der Waals surface area (Å²) in [6.45, 7) is 5.98. The minimum Gasteiger partial charge on any atom is -0.382 e. The Balaban J connectivity index is 3.20. The van der Waals surface area contributed by atoms with E-state index >= 15 is 0 Å². The summed E-state index contributed by atoms with van der Waals surface area (Å²) < 4.78 is 5.27. The van der Waals surface area contributed by atoms with Crippen molar-refractivity contribution in [2.75, 3.05) is 20.3 Å². The second-order valence-electron chi connectivity index (χ2n) is 2.76. The lowest BCUT2D eigenvalue weighted by Crippen LogP contribution is -2.26. The minimum atomic E-state index is 0.645. The standard InChI is InChI=1S/C9H21NO/c1-4-6-9(10-3)7-8-11-5-2/h9-10H,4-8H2,1-3H3. The van der Waals surface area contributed by atoms with Crippen LogP contribution in [0.5, 0.6) is 0 Å². The van der Waals surface area contributed by atoms with Crippen molar-refractivity contribution in [1.82, 2.24) is 5.32 Å². The third-order valence-electron chi connectivity index (χ3n) is 1.86. The average Bonchev–Trinajstić information content (AvgIpc) is 2.03. The van der Waals surface area contributed by atoms with Crippen molar-refractivity contribution < 1.29 is 4.74 Å². The van der Waals surface area contributed by atoms with Crippen molar-refractivity contribution in [3.8, 4) is 0 Å². The van der Waals surface area contributed by atoms with Gasteiger partial charge in [-0.05, 0) is 26.8 Å². The number of rotatable bonds is 7. The molecule has 1 atom stereocenters. The zero-order valence-corrected chi connectivity index (χ0v) is 8.02. The largest absolute Gasteiger partial charge is 0.382 e. The van der Waals surface area contributed by atoms with Crippen LogP contribution in [-0.2, 0) is 4.74 Å². The predicted molar refractivity (Wildman–Crippen MR) is 48.9 cm³/mol. The molecule has 0 spiro atoms. The fraction of sp³-hybridized carbons (Fsp3) is 1.00. The van der Waals surface area contributed by atoms with E-state index in [1.807, 2.05) is 14.0 Å². The van der Waals surface area contributed by atoms with E-state index in [1.54, 1.807) is 0 Å². The molecule has 0 fully saturated rings. The van der Waals surface area contributed by atoms with Gasteiger partial charge < -0.3 is 10.1 Å². The highest BCUT2D eigenvalue weighted by Crippen LogP contribution is 2.00. The number of hydrogen-bond acceptors (Lipinski definition) is 2. The Hall–Kier alpha value is -0.0800. The van der Waals surface area contributed by atoms with Gasteiger partial charge in [0.1, 0.15) is 0 Å². The van der Waals surface area contributed by atoms with Gasteiger partial charge in [-0.1, -0.05) is 13.3 Å². The van der Waals surface area contributed by atoms with Crippen LogP contribution in [0.3, 0.4) is 0 Å². The molecule has 2 nitrogen and oxygen atoms in total. The lowest BCUT2D eigenvalue weighted by atomic mass is 10.1. The van der Waals surface area contributed by atoms with Crippen LogP contribution in [0, 0.1) is 0 Å². The van der Waals surface area contributed by atoms with Crippen LogP contribution in [0.1, 0.15) is 33.1 Å². The van der Waals surface area contributed by atoms with Gasteiger partial charge in [-0.15, -0.1) is 0 Å². The van der Waals surface area contributed by atoms with E-state index in [1.165, 1.54) is 12.8 Å². The van der Waals surface area contributed by atoms with Gasteiger partial charge in [0.15, 0.2) is 0 Å². The van der Waals surface area contributed by atoms with Crippen LogP contribution in [0.25, 0.3) is 0 Å². The first-order valence-corrected chi connectivity index (χ1v) is 4.60. The Morgan fingerprint density at radius 2 is 2.00 bits per heavy atom. The molecule has 68 valence electrons. The molecule has 0 rings (SSSR count). The van der Waals surface area contributed by atoms with Crippen LogP contribution < -0.4 is 5.32 Å². The summed E-state index contributed by atoms with van der Waals surface area (Å²) in [7, 11) is 2.02. The third-order valence-corrected chi connectivity index (χ3v) is 1.86. The molecule has 2 heteroatoms. The quantitative estimate of drug-likeness (QED) is 0.572. The summed E-state index contributed by atoms with van der Waals surface area (Å²) in [5, 5.41) is 3.28. The van der Waals surface area contributed by atoms with E-state index < -0.39 is 0 Å². The van der Waals surface area contributed by atoms with Crippen molar-refractivity contribution in [2.24, 2.45) is 0 Å². The third kappa shape index (κ3) is 6.32. The van der Waals surface area contributed by atoms with Gasteiger partial charge in [-0.3, -0.25) is 0 Å². The second-order valence-corrected chi connectivity index (χ2v) is 2.76. The first-order valence-electron chi connectivity index (χ1n) is 4.60. The van der Waals surface area contributed by atoms with Crippen molar-refractivity contribution >= 4 is 0 Å². The fourth-order valence-electron chi connectivity index (χ4n) is 1.15. The molecule has 1 N–H and O–H groups in total. The maximum atomic E-state index is 5.27. The smallest absolute Gasteiger partial charge is 0.0480 e. The number of ether oxygens (including phenoxy) is 1. The topological polar surface area (TPSA) is 21.3 Å².